The second kappa shape index (κ2) is 6.80. The van der Waals surface area contributed by atoms with Crippen molar-refractivity contribution in [2.75, 3.05) is 0 Å². The molecule has 5 heteroatoms. The Kier molecular flexibility index (Phi) is 4.60. The fourth-order valence-electron chi connectivity index (χ4n) is 3.10. The largest absolute Gasteiger partial charge is 0.307 e. The third-order valence-electron chi connectivity index (χ3n) is 4.42. The molecule has 3 rings (SSSR count). The average molecular weight is 285 g/mol. The second-order valence-electron chi connectivity index (χ2n) is 5.95. The first-order valence-corrected chi connectivity index (χ1v) is 7.90. The van der Waals surface area contributed by atoms with Gasteiger partial charge in [-0.3, -0.25) is 0 Å². The molecule has 21 heavy (non-hydrogen) atoms. The number of nitrogens with zero attached hydrogens (tertiary/aromatic N) is 4. The summed E-state index contributed by atoms with van der Waals surface area (Å²) in [6.07, 6.45) is 6.63. The molecule has 1 aromatic carbocycles. The van der Waals surface area contributed by atoms with Crippen molar-refractivity contribution < 1.29 is 0 Å². The summed E-state index contributed by atoms with van der Waals surface area (Å²) in [4.78, 5) is 0. The van der Waals surface area contributed by atoms with Gasteiger partial charge in [-0.1, -0.05) is 44.4 Å². The van der Waals surface area contributed by atoms with E-state index in [1.165, 1.54) is 32.1 Å². The van der Waals surface area contributed by atoms with Crippen LogP contribution in [0.2, 0.25) is 0 Å². The molecule has 0 amide bonds. The smallest absolute Gasteiger partial charge is 0.170 e. The van der Waals surface area contributed by atoms with E-state index in [1.54, 1.807) is 0 Å². The van der Waals surface area contributed by atoms with E-state index in [0.717, 1.165) is 24.0 Å². The zero-order chi connectivity index (χ0) is 14.5. The fourth-order valence-corrected chi connectivity index (χ4v) is 3.10. The Hall–Kier alpha value is -1.75. The molecule has 112 valence electrons. The van der Waals surface area contributed by atoms with Crippen LogP contribution in [0.1, 0.15) is 44.9 Å². The Bertz CT molecular complexity index is 551. The summed E-state index contributed by atoms with van der Waals surface area (Å²) in [5, 5.41) is 15.8. The molecule has 1 aliphatic rings. The molecule has 2 aromatic rings. The Labute approximate surface area is 125 Å². The van der Waals surface area contributed by atoms with E-state index in [-0.39, 0.29) is 0 Å². The number of aromatic nitrogens is 4. The molecule has 0 spiro atoms. The van der Waals surface area contributed by atoms with Crippen LogP contribution in [0.3, 0.4) is 0 Å². The Balaban J connectivity index is 1.67. The van der Waals surface area contributed by atoms with Crippen LogP contribution in [0.4, 0.5) is 0 Å². The minimum Gasteiger partial charge on any atom is -0.307 e. The number of hydrogen-bond donors (Lipinski definition) is 1. The number of nitrogens with one attached hydrogen (secondary N) is 1. The molecule has 0 bridgehead atoms. The van der Waals surface area contributed by atoms with Crippen molar-refractivity contribution in [3.63, 3.8) is 0 Å². The average Bonchev–Trinajstić information content (AvgIpc) is 2.89. The van der Waals surface area contributed by atoms with Crippen LogP contribution in [0.5, 0.6) is 0 Å². The van der Waals surface area contributed by atoms with Gasteiger partial charge in [0.05, 0.1) is 12.2 Å². The van der Waals surface area contributed by atoms with Crippen LogP contribution in [0.25, 0.3) is 5.69 Å². The SMILES string of the molecule is CC1CCCCCC1NCc1nnnn1-c1ccccc1. The lowest BCUT2D eigenvalue weighted by molar-refractivity contribution is 0.352. The van der Waals surface area contributed by atoms with Gasteiger partial charge in [-0.05, 0) is 41.3 Å². The minimum atomic E-state index is 0.577. The first kappa shape index (κ1) is 14.2. The van der Waals surface area contributed by atoms with Crippen molar-refractivity contribution >= 4 is 0 Å². The highest BCUT2D eigenvalue weighted by atomic mass is 15.5. The van der Waals surface area contributed by atoms with Crippen LogP contribution in [0, 0.1) is 5.92 Å². The maximum Gasteiger partial charge on any atom is 0.170 e. The zero-order valence-corrected chi connectivity index (χ0v) is 12.6. The van der Waals surface area contributed by atoms with E-state index in [9.17, 15) is 0 Å². The number of para-hydroxylation sites is 1. The molecule has 1 N–H and O–H groups in total. The zero-order valence-electron chi connectivity index (χ0n) is 12.6. The molecular weight excluding hydrogens is 262 g/mol. The molecule has 5 nitrogen and oxygen atoms in total. The molecule has 1 fully saturated rings. The van der Waals surface area contributed by atoms with E-state index in [1.807, 2.05) is 35.0 Å². The molecule has 0 radical (unpaired) electrons. The molecule has 1 aromatic heterocycles. The van der Waals surface area contributed by atoms with Gasteiger partial charge in [0.2, 0.25) is 0 Å². The number of hydrogen-bond acceptors (Lipinski definition) is 4. The van der Waals surface area contributed by atoms with Crippen molar-refractivity contribution in [2.24, 2.45) is 5.92 Å². The third-order valence-corrected chi connectivity index (χ3v) is 4.42. The normalized spacial score (nSPS) is 22.9. The molecule has 2 atom stereocenters. The summed E-state index contributed by atoms with van der Waals surface area (Å²) in [6.45, 7) is 3.07. The highest BCUT2D eigenvalue weighted by Crippen LogP contribution is 2.23. The Morgan fingerprint density at radius 1 is 1.14 bits per heavy atom. The first-order chi connectivity index (χ1) is 10.3. The maximum atomic E-state index is 4.16. The summed E-state index contributed by atoms with van der Waals surface area (Å²) < 4.78 is 1.81. The lowest BCUT2D eigenvalue weighted by atomic mass is 9.97. The van der Waals surface area contributed by atoms with Gasteiger partial charge in [0.15, 0.2) is 5.82 Å². The summed E-state index contributed by atoms with van der Waals surface area (Å²) in [7, 11) is 0. The maximum absolute atomic E-state index is 4.16. The molecule has 0 saturated heterocycles. The first-order valence-electron chi connectivity index (χ1n) is 7.90. The van der Waals surface area contributed by atoms with Gasteiger partial charge in [0.1, 0.15) is 0 Å². The van der Waals surface area contributed by atoms with Crippen molar-refractivity contribution in [3.8, 4) is 5.69 Å². The van der Waals surface area contributed by atoms with Crippen molar-refractivity contribution in [1.29, 1.82) is 0 Å². The molecular formula is C16H23N5. The Morgan fingerprint density at radius 2 is 1.95 bits per heavy atom. The minimum absolute atomic E-state index is 0.577. The summed E-state index contributed by atoms with van der Waals surface area (Å²) in [5.74, 6) is 1.60. The van der Waals surface area contributed by atoms with Gasteiger partial charge in [0.25, 0.3) is 0 Å². The van der Waals surface area contributed by atoms with Gasteiger partial charge in [-0.2, -0.15) is 4.68 Å². The van der Waals surface area contributed by atoms with E-state index < -0.39 is 0 Å². The van der Waals surface area contributed by atoms with Gasteiger partial charge in [-0.25, -0.2) is 0 Å². The van der Waals surface area contributed by atoms with Gasteiger partial charge < -0.3 is 5.32 Å². The monoisotopic (exact) mass is 285 g/mol. The van der Waals surface area contributed by atoms with Gasteiger partial charge >= 0.3 is 0 Å². The van der Waals surface area contributed by atoms with Gasteiger partial charge in [0, 0.05) is 6.04 Å². The van der Waals surface area contributed by atoms with Crippen molar-refractivity contribution in [2.45, 2.75) is 51.6 Å². The molecule has 1 heterocycles. The highest BCUT2D eigenvalue weighted by molar-refractivity contribution is 5.30. The molecule has 1 aliphatic carbocycles. The standard InChI is InChI=1S/C16H23N5/c1-13-8-4-2-7-11-15(13)17-12-16-18-19-20-21(16)14-9-5-3-6-10-14/h3,5-6,9-10,13,15,17H,2,4,7-8,11-12H2,1H3. The predicted molar refractivity (Wildman–Crippen MR) is 82.0 cm³/mol. The lowest BCUT2D eigenvalue weighted by Crippen LogP contribution is -2.34. The van der Waals surface area contributed by atoms with Crippen LogP contribution < -0.4 is 5.32 Å². The van der Waals surface area contributed by atoms with E-state index in [4.69, 9.17) is 0 Å². The lowest BCUT2D eigenvalue weighted by Gasteiger charge is -2.22. The highest BCUT2D eigenvalue weighted by Gasteiger charge is 2.20. The summed E-state index contributed by atoms with van der Waals surface area (Å²) in [6, 6.07) is 10.6. The van der Waals surface area contributed by atoms with Crippen molar-refractivity contribution in [1.82, 2.24) is 25.5 Å². The van der Waals surface area contributed by atoms with E-state index >= 15 is 0 Å². The molecule has 0 aliphatic heterocycles. The predicted octanol–water partition coefficient (Wildman–Crippen LogP) is 2.72. The van der Waals surface area contributed by atoms with Crippen LogP contribution in [-0.2, 0) is 6.54 Å². The van der Waals surface area contributed by atoms with E-state index in [0.29, 0.717) is 6.04 Å². The Morgan fingerprint density at radius 3 is 2.81 bits per heavy atom. The van der Waals surface area contributed by atoms with Crippen LogP contribution >= 0.6 is 0 Å². The number of tetrazole rings is 1. The van der Waals surface area contributed by atoms with Crippen LogP contribution in [-0.4, -0.2) is 26.2 Å². The van der Waals surface area contributed by atoms with Gasteiger partial charge in [-0.15, -0.1) is 5.10 Å². The van der Waals surface area contributed by atoms with Crippen LogP contribution in [0.15, 0.2) is 30.3 Å². The topological polar surface area (TPSA) is 55.6 Å². The van der Waals surface area contributed by atoms with E-state index in [2.05, 4.69) is 27.8 Å². The van der Waals surface area contributed by atoms with Crippen molar-refractivity contribution in [3.05, 3.63) is 36.2 Å². The molecule has 1 saturated carbocycles. The molecule has 2 unspecified atom stereocenters. The third kappa shape index (κ3) is 3.47. The second-order valence-corrected chi connectivity index (χ2v) is 5.95. The number of rotatable bonds is 4. The summed E-state index contributed by atoms with van der Waals surface area (Å²) >= 11 is 0. The number of benzene rings is 1. The quantitative estimate of drug-likeness (QED) is 0.878. The fraction of sp³-hybridized carbons (Fsp3) is 0.562. The summed E-state index contributed by atoms with van der Waals surface area (Å²) in [5.41, 5.74) is 1.01.